The summed E-state index contributed by atoms with van der Waals surface area (Å²) in [6.45, 7) is 2.31. The Hall–Kier alpha value is -2.10. The van der Waals surface area contributed by atoms with E-state index in [-0.39, 0.29) is 0 Å². The van der Waals surface area contributed by atoms with Gasteiger partial charge in [0.15, 0.2) is 0 Å². The van der Waals surface area contributed by atoms with Gasteiger partial charge in [-0.15, -0.1) is 21.5 Å². The number of aryl methyl sites for hydroxylation is 1. The number of aromatic nitrogens is 2. The van der Waals surface area contributed by atoms with E-state index in [1.165, 1.54) is 28.6 Å². The van der Waals surface area contributed by atoms with Crippen LogP contribution >= 0.6 is 23.1 Å². The Morgan fingerprint density at radius 3 is 3.16 bits per heavy atom. The highest BCUT2D eigenvalue weighted by Gasteiger charge is 2.21. The van der Waals surface area contributed by atoms with Gasteiger partial charge in [0.05, 0.1) is 16.5 Å². The molecule has 0 spiro atoms. The Bertz CT molecular complexity index is 938. The van der Waals surface area contributed by atoms with Crippen molar-refractivity contribution in [1.29, 1.82) is 5.26 Å². The van der Waals surface area contributed by atoms with E-state index >= 15 is 0 Å². The van der Waals surface area contributed by atoms with Crippen LogP contribution in [0.1, 0.15) is 34.9 Å². The van der Waals surface area contributed by atoms with Gasteiger partial charge < -0.3 is 4.42 Å². The fraction of sp³-hybridized carbons (Fsp3) is 0.316. The number of benzene rings is 1. The number of hydrogen-bond acceptors (Lipinski definition) is 6. The molecule has 0 unspecified atom stereocenters. The standard InChI is InChI=1S/C19H17N3OS2/c1-12-5-6-16-15(7-12)9-17(25-16)18-21-22-19(23-18)24-11-14-4-2-3-13(8-14)10-20/h2-4,8-9,12H,5-7,11H2,1H3/t12-/m1/s1. The molecule has 0 fully saturated rings. The lowest BCUT2D eigenvalue weighted by Crippen LogP contribution is -2.07. The highest BCUT2D eigenvalue weighted by molar-refractivity contribution is 7.98. The van der Waals surface area contributed by atoms with Gasteiger partial charge in [-0.05, 0) is 54.5 Å². The second-order valence-corrected chi connectivity index (χ2v) is 8.44. The van der Waals surface area contributed by atoms with Crippen molar-refractivity contribution < 1.29 is 4.42 Å². The molecule has 0 bridgehead atoms. The first-order chi connectivity index (χ1) is 12.2. The predicted octanol–water partition coefficient (Wildman–Crippen LogP) is 5.09. The first-order valence-electron chi connectivity index (χ1n) is 8.28. The normalized spacial score (nSPS) is 16.4. The number of thioether (sulfide) groups is 1. The SMILES string of the molecule is C[C@@H]1CCc2sc(-c3nnc(SCc4cccc(C#N)c4)o3)cc2C1. The van der Waals surface area contributed by atoms with E-state index in [0.29, 0.717) is 22.4 Å². The van der Waals surface area contributed by atoms with Crippen LogP contribution in [0, 0.1) is 17.2 Å². The number of rotatable bonds is 4. The van der Waals surface area contributed by atoms with E-state index in [2.05, 4.69) is 29.3 Å². The van der Waals surface area contributed by atoms with Crippen LogP contribution in [-0.2, 0) is 18.6 Å². The van der Waals surface area contributed by atoms with Gasteiger partial charge in [0, 0.05) is 10.6 Å². The predicted molar refractivity (Wildman–Crippen MR) is 99.5 cm³/mol. The molecule has 0 radical (unpaired) electrons. The number of nitrogens with zero attached hydrogens (tertiary/aromatic N) is 3. The molecule has 0 saturated carbocycles. The molecule has 1 aromatic carbocycles. The highest BCUT2D eigenvalue weighted by Crippen LogP contribution is 2.37. The molecule has 126 valence electrons. The minimum atomic E-state index is 0.567. The zero-order chi connectivity index (χ0) is 17.2. The summed E-state index contributed by atoms with van der Waals surface area (Å²) in [6, 6.07) is 12.0. The van der Waals surface area contributed by atoms with Crippen molar-refractivity contribution in [2.24, 2.45) is 5.92 Å². The van der Waals surface area contributed by atoms with Crippen LogP contribution in [0.4, 0.5) is 0 Å². The molecular formula is C19H17N3OS2. The van der Waals surface area contributed by atoms with E-state index in [1.807, 2.05) is 18.2 Å². The van der Waals surface area contributed by atoms with Crippen LogP contribution in [0.3, 0.4) is 0 Å². The van der Waals surface area contributed by atoms with Crippen molar-refractivity contribution in [1.82, 2.24) is 10.2 Å². The van der Waals surface area contributed by atoms with Crippen molar-refractivity contribution in [3.05, 3.63) is 51.9 Å². The fourth-order valence-corrected chi connectivity index (χ4v) is 4.89. The number of hydrogen-bond donors (Lipinski definition) is 0. The van der Waals surface area contributed by atoms with E-state index in [9.17, 15) is 0 Å². The van der Waals surface area contributed by atoms with E-state index in [1.54, 1.807) is 17.4 Å². The molecule has 1 aliphatic rings. The van der Waals surface area contributed by atoms with Gasteiger partial charge in [0.25, 0.3) is 11.1 Å². The fourth-order valence-electron chi connectivity index (χ4n) is 3.05. The van der Waals surface area contributed by atoms with Gasteiger partial charge >= 0.3 is 0 Å². The monoisotopic (exact) mass is 367 g/mol. The maximum atomic E-state index is 8.97. The molecule has 0 amide bonds. The molecule has 3 aromatic rings. The van der Waals surface area contributed by atoms with Gasteiger partial charge in [-0.3, -0.25) is 0 Å². The summed E-state index contributed by atoms with van der Waals surface area (Å²) in [7, 11) is 0. The number of nitriles is 1. The Kier molecular flexibility index (Phi) is 4.60. The van der Waals surface area contributed by atoms with E-state index in [4.69, 9.17) is 9.68 Å². The largest absolute Gasteiger partial charge is 0.410 e. The van der Waals surface area contributed by atoms with Crippen molar-refractivity contribution in [2.75, 3.05) is 0 Å². The molecular weight excluding hydrogens is 350 g/mol. The Morgan fingerprint density at radius 1 is 1.36 bits per heavy atom. The van der Waals surface area contributed by atoms with Crippen LogP contribution in [0.5, 0.6) is 0 Å². The molecule has 0 N–H and O–H groups in total. The van der Waals surface area contributed by atoms with Crippen LogP contribution < -0.4 is 0 Å². The second kappa shape index (κ2) is 7.03. The van der Waals surface area contributed by atoms with Gasteiger partial charge in [-0.2, -0.15) is 5.26 Å². The molecule has 4 rings (SSSR count). The summed E-state index contributed by atoms with van der Waals surface area (Å²) in [5.74, 6) is 2.07. The Balaban J connectivity index is 1.46. The maximum Gasteiger partial charge on any atom is 0.277 e. The smallest absolute Gasteiger partial charge is 0.277 e. The van der Waals surface area contributed by atoms with E-state index < -0.39 is 0 Å². The summed E-state index contributed by atoms with van der Waals surface area (Å²) < 4.78 is 5.84. The summed E-state index contributed by atoms with van der Waals surface area (Å²) in [4.78, 5) is 2.54. The van der Waals surface area contributed by atoms with Crippen molar-refractivity contribution in [2.45, 2.75) is 37.2 Å². The van der Waals surface area contributed by atoms with Crippen molar-refractivity contribution in [3.63, 3.8) is 0 Å². The van der Waals surface area contributed by atoms with Crippen molar-refractivity contribution in [3.8, 4) is 16.8 Å². The Labute approximate surface area is 154 Å². The molecule has 0 saturated heterocycles. The minimum absolute atomic E-state index is 0.567. The first-order valence-corrected chi connectivity index (χ1v) is 10.1. The van der Waals surface area contributed by atoms with Gasteiger partial charge in [-0.25, -0.2) is 0 Å². The minimum Gasteiger partial charge on any atom is -0.410 e. The molecule has 2 heterocycles. The third-order valence-electron chi connectivity index (χ3n) is 4.36. The summed E-state index contributed by atoms with van der Waals surface area (Å²) >= 11 is 3.28. The molecule has 6 heteroatoms. The summed E-state index contributed by atoms with van der Waals surface area (Å²) in [6.07, 6.45) is 3.57. The van der Waals surface area contributed by atoms with E-state index in [0.717, 1.165) is 29.2 Å². The first kappa shape index (κ1) is 16.4. The molecule has 4 nitrogen and oxygen atoms in total. The van der Waals surface area contributed by atoms with Crippen LogP contribution in [0.25, 0.3) is 10.8 Å². The third kappa shape index (κ3) is 3.63. The molecule has 25 heavy (non-hydrogen) atoms. The number of fused-ring (bicyclic) bond motifs is 1. The molecule has 2 aromatic heterocycles. The zero-order valence-corrected chi connectivity index (χ0v) is 15.5. The third-order valence-corrected chi connectivity index (χ3v) is 6.48. The lowest BCUT2D eigenvalue weighted by molar-refractivity contribution is 0.466. The quantitative estimate of drug-likeness (QED) is 0.601. The molecule has 0 aliphatic heterocycles. The van der Waals surface area contributed by atoms with Gasteiger partial charge in [0.2, 0.25) is 0 Å². The summed E-state index contributed by atoms with van der Waals surface area (Å²) in [5.41, 5.74) is 3.19. The Morgan fingerprint density at radius 2 is 2.28 bits per heavy atom. The summed E-state index contributed by atoms with van der Waals surface area (Å²) in [5, 5.41) is 17.9. The van der Waals surface area contributed by atoms with Crippen LogP contribution in [-0.4, -0.2) is 10.2 Å². The lowest BCUT2D eigenvalue weighted by atomic mass is 9.90. The van der Waals surface area contributed by atoms with Gasteiger partial charge in [-0.1, -0.05) is 30.8 Å². The molecule has 1 aliphatic carbocycles. The van der Waals surface area contributed by atoms with Gasteiger partial charge in [0.1, 0.15) is 0 Å². The topological polar surface area (TPSA) is 62.7 Å². The lowest BCUT2D eigenvalue weighted by Gasteiger charge is -2.16. The average molecular weight is 367 g/mol. The molecule has 1 atom stereocenters. The second-order valence-electron chi connectivity index (χ2n) is 6.38. The zero-order valence-electron chi connectivity index (χ0n) is 13.9. The maximum absolute atomic E-state index is 8.97. The van der Waals surface area contributed by atoms with Crippen molar-refractivity contribution >= 4 is 23.1 Å². The highest BCUT2D eigenvalue weighted by atomic mass is 32.2. The van der Waals surface area contributed by atoms with Crippen LogP contribution in [0.15, 0.2) is 40.0 Å². The number of thiophene rings is 1. The van der Waals surface area contributed by atoms with Crippen LogP contribution in [0.2, 0.25) is 0 Å². The average Bonchev–Trinajstić information content (AvgIpc) is 3.26.